The Hall–Kier alpha value is -2.00. The second kappa shape index (κ2) is 7.09. The van der Waals surface area contributed by atoms with Crippen molar-refractivity contribution in [2.45, 2.75) is 12.4 Å². The van der Waals surface area contributed by atoms with Crippen LogP contribution < -0.4 is 10.6 Å². The summed E-state index contributed by atoms with van der Waals surface area (Å²) in [5, 5.41) is 4.31. The Kier molecular flexibility index (Phi) is 5.48. The molecule has 0 atom stereocenters. The lowest BCUT2D eigenvalue weighted by atomic mass is 10.1. The van der Waals surface area contributed by atoms with Crippen LogP contribution in [0, 0.1) is 0 Å². The molecule has 0 aliphatic rings. The van der Waals surface area contributed by atoms with Gasteiger partial charge in [0.05, 0.1) is 16.8 Å². The fraction of sp³-hybridized carbons (Fsp3) is 0.133. The molecule has 0 saturated carbocycles. The van der Waals surface area contributed by atoms with E-state index in [4.69, 9.17) is 23.8 Å². The molecule has 25 heavy (non-hydrogen) atoms. The van der Waals surface area contributed by atoms with Crippen LogP contribution in [0.3, 0.4) is 0 Å². The lowest BCUT2D eigenvalue weighted by molar-refractivity contribution is -0.138. The summed E-state index contributed by atoms with van der Waals surface area (Å²) < 4.78 is 77.0. The van der Waals surface area contributed by atoms with Crippen LogP contribution in [-0.4, -0.2) is 5.11 Å². The van der Waals surface area contributed by atoms with Crippen LogP contribution in [0.1, 0.15) is 11.1 Å². The molecule has 2 aromatic carbocycles. The van der Waals surface area contributed by atoms with Crippen LogP contribution in [0.5, 0.6) is 0 Å². The predicted octanol–water partition coefficient (Wildman–Crippen LogP) is 6.19. The van der Waals surface area contributed by atoms with Gasteiger partial charge in [-0.1, -0.05) is 17.7 Å². The Balaban J connectivity index is 2.19. The zero-order valence-corrected chi connectivity index (χ0v) is 13.7. The molecule has 0 radical (unpaired) electrons. The van der Waals surface area contributed by atoms with Gasteiger partial charge in [-0.25, -0.2) is 0 Å². The summed E-state index contributed by atoms with van der Waals surface area (Å²) in [5.41, 5.74) is -2.35. The topological polar surface area (TPSA) is 24.1 Å². The molecule has 0 aromatic heterocycles. The number of thiocarbonyl (C=S) groups is 1. The number of rotatable bonds is 2. The lowest BCUT2D eigenvalue weighted by Gasteiger charge is -2.16. The number of hydrogen-bond acceptors (Lipinski definition) is 1. The SMILES string of the molecule is FC(F)(F)c1cccc(NC(=S)Nc2ccc(Cl)cc2C(F)(F)F)c1. The highest BCUT2D eigenvalue weighted by Crippen LogP contribution is 2.36. The number of hydrogen-bond donors (Lipinski definition) is 2. The van der Waals surface area contributed by atoms with Gasteiger partial charge < -0.3 is 10.6 Å². The lowest BCUT2D eigenvalue weighted by Crippen LogP contribution is -2.22. The molecular weight excluding hydrogens is 390 g/mol. The van der Waals surface area contributed by atoms with E-state index in [1.54, 1.807) is 0 Å². The third kappa shape index (κ3) is 5.23. The van der Waals surface area contributed by atoms with E-state index < -0.39 is 23.5 Å². The first-order valence-corrected chi connectivity index (χ1v) is 7.37. The van der Waals surface area contributed by atoms with Crippen LogP contribution >= 0.6 is 23.8 Å². The minimum atomic E-state index is -4.68. The highest BCUT2D eigenvalue weighted by atomic mass is 35.5. The molecule has 0 saturated heterocycles. The fourth-order valence-electron chi connectivity index (χ4n) is 1.92. The first-order chi connectivity index (χ1) is 11.5. The van der Waals surface area contributed by atoms with Crippen LogP contribution in [0.4, 0.5) is 37.7 Å². The normalized spacial score (nSPS) is 12.0. The average molecular weight is 399 g/mol. The molecular formula is C15H9ClF6N2S. The summed E-state index contributed by atoms with van der Waals surface area (Å²) in [5.74, 6) is 0. The van der Waals surface area contributed by atoms with E-state index in [0.29, 0.717) is 0 Å². The monoisotopic (exact) mass is 398 g/mol. The smallest absolute Gasteiger partial charge is 0.332 e. The van der Waals surface area contributed by atoms with Gasteiger partial charge in [-0.3, -0.25) is 0 Å². The largest absolute Gasteiger partial charge is 0.418 e. The van der Waals surface area contributed by atoms with E-state index >= 15 is 0 Å². The van der Waals surface area contributed by atoms with Crippen molar-refractivity contribution in [3.63, 3.8) is 0 Å². The van der Waals surface area contributed by atoms with Gasteiger partial charge in [0.25, 0.3) is 0 Å². The van der Waals surface area contributed by atoms with E-state index in [2.05, 4.69) is 10.6 Å². The van der Waals surface area contributed by atoms with E-state index in [1.807, 2.05) is 0 Å². The standard InChI is InChI=1S/C15H9ClF6N2S/c16-9-4-5-12(11(7-9)15(20,21)22)24-13(25)23-10-3-1-2-8(6-10)14(17,18)19/h1-7H,(H2,23,24,25). The van der Waals surface area contributed by atoms with Crippen molar-refractivity contribution >= 4 is 40.3 Å². The van der Waals surface area contributed by atoms with Gasteiger partial charge in [-0.15, -0.1) is 0 Å². The molecule has 2 N–H and O–H groups in total. The molecule has 0 spiro atoms. The highest BCUT2D eigenvalue weighted by molar-refractivity contribution is 7.80. The Morgan fingerprint density at radius 1 is 0.880 bits per heavy atom. The number of alkyl halides is 6. The number of nitrogens with one attached hydrogen (secondary N) is 2. The molecule has 0 aliphatic carbocycles. The number of anilines is 2. The molecule has 2 nitrogen and oxygen atoms in total. The maximum Gasteiger partial charge on any atom is 0.418 e. The average Bonchev–Trinajstić information content (AvgIpc) is 2.47. The van der Waals surface area contributed by atoms with Crippen LogP contribution in [-0.2, 0) is 12.4 Å². The van der Waals surface area contributed by atoms with E-state index in [9.17, 15) is 26.3 Å². The number of benzene rings is 2. The molecule has 134 valence electrons. The molecule has 0 heterocycles. The van der Waals surface area contributed by atoms with Crippen molar-refractivity contribution < 1.29 is 26.3 Å². The van der Waals surface area contributed by atoms with Gasteiger partial charge in [-0.2, -0.15) is 26.3 Å². The zero-order chi connectivity index (χ0) is 18.8. The summed E-state index contributed by atoms with van der Waals surface area (Å²) in [6, 6.07) is 7.13. The minimum absolute atomic E-state index is 0.0187. The molecule has 0 amide bonds. The van der Waals surface area contributed by atoms with Gasteiger partial charge in [0, 0.05) is 10.7 Å². The summed E-state index contributed by atoms with van der Waals surface area (Å²) in [7, 11) is 0. The van der Waals surface area contributed by atoms with E-state index in [1.165, 1.54) is 12.1 Å². The van der Waals surface area contributed by atoms with Crippen molar-refractivity contribution in [3.8, 4) is 0 Å². The van der Waals surface area contributed by atoms with Crippen molar-refractivity contribution in [1.29, 1.82) is 0 Å². The zero-order valence-electron chi connectivity index (χ0n) is 12.1. The Bertz CT molecular complexity index is 788. The van der Waals surface area contributed by atoms with Gasteiger partial charge in [-0.05, 0) is 48.6 Å². The van der Waals surface area contributed by atoms with Crippen LogP contribution in [0.2, 0.25) is 5.02 Å². The van der Waals surface area contributed by atoms with Crippen LogP contribution in [0.15, 0.2) is 42.5 Å². The first kappa shape index (κ1) is 19.3. The van der Waals surface area contributed by atoms with Gasteiger partial charge in [0.1, 0.15) is 0 Å². The molecule has 0 aliphatic heterocycles. The summed E-state index contributed by atoms with van der Waals surface area (Å²) >= 11 is 10.4. The first-order valence-electron chi connectivity index (χ1n) is 6.59. The van der Waals surface area contributed by atoms with Crippen LogP contribution in [0.25, 0.3) is 0 Å². The molecule has 10 heteroatoms. The third-order valence-electron chi connectivity index (χ3n) is 2.98. The maximum absolute atomic E-state index is 13.0. The predicted molar refractivity (Wildman–Crippen MR) is 87.7 cm³/mol. The second-order valence-corrected chi connectivity index (χ2v) is 5.69. The van der Waals surface area contributed by atoms with Gasteiger partial charge in [0.2, 0.25) is 0 Å². The second-order valence-electron chi connectivity index (χ2n) is 4.85. The molecule has 2 rings (SSSR count). The molecule has 0 fully saturated rings. The Labute approximate surface area is 148 Å². The molecule has 0 bridgehead atoms. The maximum atomic E-state index is 13.0. The van der Waals surface area contributed by atoms with Gasteiger partial charge in [0.15, 0.2) is 5.11 Å². The van der Waals surface area contributed by atoms with E-state index in [0.717, 1.165) is 30.3 Å². The summed E-state index contributed by atoms with van der Waals surface area (Å²) in [6.07, 6.45) is -9.23. The Morgan fingerprint density at radius 2 is 1.56 bits per heavy atom. The summed E-state index contributed by atoms with van der Waals surface area (Å²) in [4.78, 5) is 0. The van der Waals surface area contributed by atoms with E-state index in [-0.39, 0.29) is 21.5 Å². The number of halogens is 7. The van der Waals surface area contributed by atoms with Gasteiger partial charge >= 0.3 is 12.4 Å². The molecule has 2 aromatic rings. The Morgan fingerprint density at radius 3 is 2.16 bits per heavy atom. The van der Waals surface area contributed by atoms with Crippen molar-refractivity contribution in [3.05, 3.63) is 58.6 Å². The van der Waals surface area contributed by atoms with Crippen molar-refractivity contribution in [2.24, 2.45) is 0 Å². The van der Waals surface area contributed by atoms with Crippen molar-refractivity contribution in [1.82, 2.24) is 0 Å². The quantitative estimate of drug-likeness (QED) is 0.466. The minimum Gasteiger partial charge on any atom is -0.332 e. The summed E-state index contributed by atoms with van der Waals surface area (Å²) in [6.45, 7) is 0. The fourth-order valence-corrected chi connectivity index (χ4v) is 2.32. The molecule has 0 unspecified atom stereocenters. The van der Waals surface area contributed by atoms with Crippen molar-refractivity contribution in [2.75, 3.05) is 10.6 Å². The highest BCUT2D eigenvalue weighted by Gasteiger charge is 2.34. The third-order valence-corrected chi connectivity index (χ3v) is 3.42.